The van der Waals surface area contributed by atoms with Gasteiger partial charge in [0.25, 0.3) is 11.1 Å². The summed E-state index contributed by atoms with van der Waals surface area (Å²) in [6, 6.07) is 13.8. The number of hydrogen-bond donors (Lipinski definition) is 2. The molecular formula is C29H25F2N7O2S. The third-order valence-electron chi connectivity index (χ3n) is 7.07. The maximum absolute atomic E-state index is 13.9. The zero-order chi connectivity index (χ0) is 28.3. The predicted octanol–water partition coefficient (Wildman–Crippen LogP) is 4.70. The molecule has 0 aliphatic carbocycles. The summed E-state index contributed by atoms with van der Waals surface area (Å²) < 4.78 is 27.8. The third-order valence-corrected chi connectivity index (χ3v) is 7.88. The number of imide groups is 1. The summed E-state index contributed by atoms with van der Waals surface area (Å²) in [5, 5.41) is 6.32. The molecule has 2 aliphatic heterocycles. The molecule has 2 amide bonds. The number of nitrogens with one attached hydrogen (secondary N) is 2. The van der Waals surface area contributed by atoms with Crippen LogP contribution < -0.4 is 15.5 Å². The van der Waals surface area contributed by atoms with E-state index >= 15 is 0 Å². The van der Waals surface area contributed by atoms with Gasteiger partial charge in [0.1, 0.15) is 0 Å². The average Bonchev–Trinajstić information content (AvgIpc) is 3.28. The Labute approximate surface area is 238 Å². The number of carbonyl (C=O) groups is 2. The minimum absolute atomic E-state index is 0.313. The van der Waals surface area contributed by atoms with Crippen LogP contribution in [0.4, 0.5) is 19.5 Å². The molecule has 4 aromatic rings. The molecule has 0 saturated carbocycles. The predicted molar refractivity (Wildman–Crippen MR) is 153 cm³/mol. The third kappa shape index (κ3) is 6.23. The molecule has 41 heavy (non-hydrogen) atoms. The first-order valence-electron chi connectivity index (χ1n) is 13.2. The van der Waals surface area contributed by atoms with Crippen molar-refractivity contribution in [1.29, 1.82) is 0 Å². The van der Waals surface area contributed by atoms with Gasteiger partial charge in [-0.2, -0.15) is 13.8 Å². The first-order valence-corrected chi connectivity index (χ1v) is 14.0. The zero-order valence-electron chi connectivity index (χ0n) is 21.8. The summed E-state index contributed by atoms with van der Waals surface area (Å²) in [5.74, 6) is -1.17. The molecule has 2 fully saturated rings. The van der Waals surface area contributed by atoms with Crippen LogP contribution in [0.3, 0.4) is 0 Å². The minimum Gasteiger partial charge on any atom is -0.341 e. The number of anilines is 1. The molecule has 0 bridgehead atoms. The number of pyridine rings is 2. The molecule has 2 N–H and O–H groups in total. The van der Waals surface area contributed by atoms with Gasteiger partial charge in [-0.05, 0) is 66.9 Å². The van der Waals surface area contributed by atoms with Gasteiger partial charge >= 0.3 is 0 Å². The number of hydrogen-bond acceptors (Lipinski definition) is 9. The number of benzene rings is 1. The van der Waals surface area contributed by atoms with Gasteiger partial charge in [-0.25, -0.2) is 15.0 Å². The molecule has 3 aromatic heterocycles. The Morgan fingerprint density at radius 1 is 1.02 bits per heavy atom. The molecule has 2 saturated heterocycles. The Balaban J connectivity index is 1.09. The Bertz CT molecular complexity index is 1650. The summed E-state index contributed by atoms with van der Waals surface area (Å²) in [5.41, 5.74) is 3.04. The lowest BCUT2D eigenvalue weighted by atomic mass is 9.96. The van der Waals surface area contributed by atoms with Crippen LogP contribution in [-0.4, -0.2) is 50.7 Å². The molecule has 0 radical (unpaired) electrons. The molecule has 5 heterocycles. The number of para-hydroxylation sites is 1. The van der Waals surface area contributed by atoms with Gasteiger partial charge in [-0.15, -0.1) is 0 Å². The van der Waals surface area contributed by atoms with Crippen LogP contribution in [-0.2, 0) is 11.3 Å². The second-order valence-electron chi connectivity index (χ2n) is 9.89. The zero-order valence-corrected chi connectivity index (χ0v) is 22.6. The molecule has 208 valence electrons. The number of nitrogens with zero attached hydrogens (tertiary/aromatic N) is 5. The molecule has 2 aliphatic rings. The number of halogens is 2. The highest BCUT2D eigenvalue weighted by Gasteiger charge is 2.26. The summed E-state index contributed by atoms with van der Waals surface area (Å²) >= 11 is 0.858. The van der Waals surface area contributed by atoms with E-state index in [4.69, 9.17) is 4.98 Å². The number of carbonyl (C=O) groups excluding carboxylic acids is 2. The lowest BCUT2D eigenvalue weighted by Gasteiger charge is -2.32. The lowest BCUT2D eigenvalue weighted by Crippen LogP contribution is -2.38. The van der Waals surface area contributed by atoms with E-state index < -0.39 is 17.8 Å². The highest BCUT2D eigenvalue weighted by Crippen LogP contribution is 2.28. The van der Waals surface area contributed by atoms with E-state index in [2.05, 4.69) is 30.5 Å². The standard InChI is InChI=1S/C29H25F2N7O2S/c30-24-12-19(13-25(31)36-24)26-20(11-18-3-1-2-4-22(18)35-26)16-32-15-17-6-9-38(10-7-17)28-33-8-5-21(34-28)14-23-27(39)37-29(40)41-23/h1-5,8,11-14,17,32H,6-7,9-10,15-16H2,(H,37,39,40)/b23-14+. The summed E-state index contributed by atoms with van der Waals surface area (Å²) in [6.45, 7) is 2.82. The van der Waals surface area contributed by atoms with Gasteiger partial charge in [0.15, 0.2) is 0 Å². The van der Waals surface area contributed by atoms with E-state index in [-0.39, 0.29) is 5.24 Å². The molecule has 0 unspecified atom stereocenters. The van der Waals surface area contributed by atoms with Crippen LogP contribution in [0.25, 0.3) is 28.2 Å². The first-order chi connectivity index (χ1) is 19.9. The molecule has 12 heteroatoms. The van der Waals surface area contributed by atoms with Crippen LogP contribution in [0, 0.1) is 17.8 Å². The average molecular weight is 574 g/mol. The largest absolute Gasteiger partial charge is 0.341 e. The van der Waals surface area contributed by atoms with Crippen molar-refractivity contribution in [3.05, 3.63) is 82.8 Å². The van der Waals surface area contributed by atoms with Crippen LogP contribution in [0.5, 0.6) is 0 Å². The van der Waals surface area contributed by atoms with Crippen molar-refractivity contribution in [3.8, 4) is 11.3 Å². The van der Waals surface area contributed by atoms with Gasteiger partial charge in [0, 0.05) is 48.9 Å². The fraction of sp³-hybridized carbons (Fsp3) is 0.241. The summed E-state index contributed by atoms with van der Waals surface area (Å²) in [6.07, 6.45) is 5.10. The van der Waals surface area contributed by atoms with E-state index in [0.717, 1.165) is 60.7 Å². The van der Waals surface area contributed by atoms with Crippen molar-refractivity contribution in [2.24, 2.45) is 5.92 Å². The molecule has 9 nitrogen and oxygen atoms in total. The molecule has 6 rings (SSSR count). The lowest BCUT2D eigenvalue weighted by molar-refractivity contribution is -0.115. The Kier molecular flexibility index (Phi) is 7.66. The van der Waals surface area contributed by atoms with E-state index in [0.29, 0.717) is 40.3 Å². The van der Waals surface area contributed by atoms with E-state index in [1.54, 1.807) is 18.3 Å². The highest BCUT2D eigenvalue weighted by atomic mass is 32.2. The van der Waals surface area contributed by atoms with E-state index in [1.165, 1.54) is 12.1 Å². The van der Waals surface area contributed by atoms with Crippen molar-refractivity contribution in [2.75, 3.05) is 24.5 Å². The van der Waals surface area contributed by atoms with Crippen LogP contribution in [0.2, 0.25) is 0 Å². The quantitative estimate of drug-likeness (QED) is 0.240. The van der Waals surface area contributed by atoms with Gasteiger partial charge in [0.2, 0.25) is 17.8 Å². The number of amides is 2. The first kappa shape index (κ1) is 26.9. The van der Waals surface area contributed by atoms with E-state index in [1.807, 2.05) is 30.3 Å². The molecule has 0 atom stereocenters. The Morgan fingerprint density at radius 2 is 1.80 bits per heavy atom. The minimum atomic E-state index is -0.884. The van der Waals surface area contributed by atoms with Crippen molar-refractivity contribution < 1.29 is 18.4 Å². The maximum atomic E-state index is 13.9. The number of thioether (sulfide) groups is 1. The van der Waals surface area contributed by atoms with Crippen molar-refractivity contribution >= 4 is 45.8 Å². The fourth-order valence-corrected chi connectivity index (χ4v) is 5.71. The fourth-order valence-electron chi connectivity index (χ4n) is 5.04. The number of fused-ring (bicyclic) bond motifs is 1. The monoisotopic (exact) mass is 573 g/mol. The van der Waals surface area contributed by atoms with Gasteiger partial charge in [0.05, 0.1) is 21.8 Å². The van der Waals surface area contributed by atoms with Crippen molar-refractivity contribution in [2.45, 2.75) is 19.4 Å². The summed E-state index contributed by atoms with van der Waals surface area (Å²) in [7, 11) is 0. The molecule has 0 spiro atoms. The summed E-state index contributed by atoms with van der Waals surface area (Å²) in [4.78, 5) is 42.6. The van der Waals surface area contributed by atoms with Gasteiger partial charge in [-0.1, -0.05) is 18.2 Å². The Hall–Kier alpha value is -4.29. The van der Waals surface area contributed by atoms with E-state index in [9.17, 15) is 18.4 Å². The topological polar surface area (TPSA) is 113 Å². The van der Waals surface area contributed by atoms with Crippen LogP contribution in [0.15, 0.2) is 59.6 Å². The number of aromatic nitrogens is 4. The number of piperidine rings is 1. The highest BCUT2D eigenvalue weighted by molar-refractivity contribution is 8.18. The van der Waals surface area contributed by atoms with Crippen LogP contribution in [0.1, 0.15) is 24.1 Å². The van der Waals surface area contributed by atoms with Crippen molar-refractivity contribution in [3.63, 3.8) is 0 Å². The van der Waals surface area contributed by atoms with Gasteiger partial charge < -0.3 is 10.2 Å². The molecular weight excluding hydrogens is 548 g/mol. The Morgan fingerprint density at radius 3 is 2.56 bits per heavy atom. The maximum Gasteiger partial charge on any atom is 0.290 e. The second kappa shape index (κ2) is 11.7. The van der Waals surface area contributed by atoms with Crippen molar-refractivity contribution in [1.82, 2.24) is 30.6 Å². The molecule has 1 aromatic carbocycles. The van der Waals surface area contributed by atoms with Gasteiger partial charge in [-0.3, -0.25) is 14.9 Å². The second-order valence-corrected chi connectivity index (χ2v) is 10.9. The smallest absolute Gasteiger partial charge is 0.290 e. The van der Waals surface area contributed by atoms with Crippen LogP contribution >= 0.6 is 11.8 Å². The SMILES string of the molecule is O=C1NC(=O)/C(=C\c2ccnc(N3CCC(CNCc4cc5ccccc5nc4-c4cc(F)nc(F)c4)CC3)n2)S1. The number of rotatable bonds is 7. The normalized spacial score (nSPS) is 17.0.